The molecule has 0 aliphatic carbocycles. The van der Waals surface area contributed by atoms with Gasteiger partial charge in [0.1, 0.15) is 0 Å². The van der Waals surface area contributed by atoms with E-state index in [2.05, 4.69) is 10.3 Å². The zero-order chi connectivity index (χ0) is 17.6. The Kier molecular flexibility index (Phi) is 5.66. The van der Waals surface area contributed by atoms with E-state index in [1.54, 1.807) is 6.20 Å². The third-order valence-corrected chi connectivity index (χ3v) is 4.69. The second kappa shape index (κ2) is 8.12. The first-order chi connectivity index (χ1) is 12.1. The van der Waals surface area contributed by atoms with Crippen molar-refractivity contribution in [3.05, 3.63) is 59.9 Å². The second-order valence-electron chi connectivity index (χ2n) is 6.63. The molecule has 2 heterocycles. The van der Waals surface area contributed by atoms with E-state index < -0.39 is 0 Å². The van der Waals surface area contributed by atoms with Gasteiger partial charge in [-0.25, -0.2) is 0 Å². The van der Waals surface area contributed by atoms with E-state index in [-0.39, 0.29) is 11.9 Å². The fourth-order valence-electron chi connectivity index (χ4n) is 3.23. The highest BCUT2D eigenvalue weighted by Crippen LogP contribution is 2.30. The Labute approximate surface area is 149 Å². The molecule has 1 saturated heterocycles. The highest BCUT2D eigenvalue weighted by molar-refractivity contribution is 5.95. The standard InChI is InChI=1S/C20H25N3O2/c1-23(2)18-7-3-5-16(13-18)20(24)22-19(15-8-11-25-12-9-15)17-6-4-10-21-14-17/h3-7,10,13-15,19H,8-9,11-12H2,1-2H3,(H,22,24)/t19-/m0/s1. The van der Waals surface area contributed by atoms with Crippen LogP contribution < -0.4 is 10.2 Å². The SMILES string of the molecule is CN(C)c1cccc(C(=O)N[C@H](c2cccnc2)C2CCOCC2)c1. The van der Waals surface area contributed by atoms with Crippen LogP contribution in [0.2, 0.25) is 0 Å². The summed E-state index contributed by atoms with van der Waals surface area (Å²) in [4.78, 5) is 19.1. The lowest BCUT2D eigenvalue weighted by molar-refractivity contribution is 0.0513. The van der Waals surface area contributed by atoms with Crippen molar-refractivity contribution >= 4 is 11.6 Å². The number of carbonyl (C=O) groups is 1. The third-order valence-electron chi connectivity index (χ3n) is 4.69. The molecule has 1 aliphatic heterocycles. The van der Waals surface area contributed by atoms with Gasteiger partial charge in [0, 0.05) is 51.0 Å². The fourth-order valence-corrected chi connectivity index (χ4v) is 3.23. The van der Waals surface area contributed by atoms with E-state index in [1.165, 1.54) is 0 Å². The molecule has 25 heavy (non-hydrogen) atoms. The van der Waals surface area contributed by atoms with Gasteiger partial charge < -0.3 is 15.0 Å². The summed E-state index contributed by atoms with van der Waals surface area (Å²) in [6.07, 6.45) is 5.48. The molecule has 1 amide bonds. The summed E-state index contributed by atoms with van der Waals surface area (Å²) < 4.78 is 5.48. The first-order valence-electron chi connectivity index (χ1n) is 8.71. The van der Waals surface area contributed by atoms with Crippen LogP contribution in [0.4, 0.5) is 5.69 Å². The van der Waals surface area contributed by atoms with Crippen LogP contribution in [0.3, 0.4) is 0 Å². The Hall–Kier alpha value is -2.40. The number of benzene rings is 1. The van der Waals surface area contributed by atoms with Crippen LogP contribution in [0.1, 0.15) is 34.8 Å². The molecule has 1 aromatic heterocycles. The number of pyridine rings is 1. The lowest BCUT2D eigenvalue weighted by Gasteiger charge is -2.31. The lowest BCUT2D eigenvalue weighted by atomic mass is 9.87. The maximum absolute atomic E-state index is 12.9. The van der Waals surface area contributed by atoms with E-state index in [9.17, 15) is 4.79 Å². The summed E-state index contributed by atoms with van der Waals surface area (Å²) in [6.45, 7) is 1.49. The molecule has 0 radical (unpaired) electrons. The van der Waals surface area contributed by atoms with E-state index in [4.69, 9.17) is 4.74 Å². The van der Waals surface area contributed by atoms with E-state index in [1.807, 2.05) is 61.6 Å². The van der Waals surface area contributed by atoms with Crippen LogP contribution in [0.5, 0.6) is 0 Å². The third kappa shape index (κ3) is 4.37. The van der Waals surface area contributed by atoms with Gasteiger partial charge in [-0.05, 0) is 48.6 Å². The molecule has 3 rings (SSSR count). The van der Waals surface area contributed by atoms with Gasteiger partial charge in [0.05, 0.1) is 6.04 Å². The highest BCUT2D eigenvalue weighted by atomic mass is 16.5. The average molecular weight is 339 g/mol. The molecule has 5 nitrogen and oxygen atoms in total. The van der Waals surface area contributed by atoms with Gasteiger partial charge in [-0.1, -0.05) is 12.1 Å². The van der Waals surface area contributed by atoms with E-state index >= 15 is 0 Å². The van der Waals surface area contributed by atoms with Crippen LogP contribution >= 0.6 is 0 Å². The first-order valence-corrected chi connectivity index (χ1v) is 8.71. The first kappa shape index (κ1) is 17.4. The molecule has 5 heteroatoms. The molecular formula is C20H25N3O2. The van der Waals surface area contributed by atoms with Gasteiger partial charge in [-0.15, -0.1) is 0 Å². The Bertz CT molecular complexity index is 697. The summed E-state index contributed by atoms with van der Waals surface area (Å²) in [6, 6.07) is 11.6. The number of ether oxygens (including phenoxy) is 1. The van der Waals surface area contributed by atoms with Crippen LogP contribution in [0.15, 0.2) is 48.8 Å². The van der Waals surface area contributed by atoms with E-state index in [0.717, 1.165) is 37.3 Å². The fraction of sp³-hybridized carbons (Fsp3) is 0.400. The van der Waals surface area contributed by atoms with E-state index in [0.29, 0.717) is 11.5 Å². The van der Waals surface area contributed by atoms with Gasteiger partial charge in [0.15, 0.2) is 0 Å². The summed E-state index contributed by atoms with van der Waals surface area (Å²) >= 11 is 0. The van der Waals surface area contributed by atoms with Crippen LogP contribution in [-0.4, -0.2) is 38.2 Å². The Morgan fingerprint density at radius 2 is 2.04 bits per heavy atom. The molecule has 1 fully saturated rings. The van der Waals surface area contributed by atoms with Gasteiger partial charge in [-0.2, -0.15) is 0 Å². The minimum atomic E-state index is -0.0518. The van der Waals surface area contributed by atoms with Crippen molar-refractivity contribution in [3.63, 3.8) is 0 Å². The summed E-state index contributed by atoms with van der Waals surface area (Å²) in [5, 5.41) is 3.23. The number of hydrogen-bond donors (Lipinski definition) is 1. The number of aromatic nitrogens is 1. The molecule has 132 valence electrons. The van der Waals surface area contributed by atoms with Crippen molar-refractivity contribution in [3.8, 4) is 0 Å². The van der Waals surface area contributed by atoms with Crippen LogP contribution in [-0.2, 0) is 4.74 Å². The van der Waals surface area contributed by atoms with Gasteiger partial charge in [-0.3, -0.25) is 9.78 Å². The maximum atomic E-state index is 12.9. The zero-order valence-corrected chi connectivity index (χ0v) is 14.8. The monoisotopic (exact) mass is 339 g/mol. The zero-order valence-electron chi connectivity index (χ0n) is 14.8. The normalized spacial score (nSPS) is 16.2. The second-order valence-corrected chi connectivity index (χ2v) is 6.63. The molecule has 1 atom stereocenters. The molecule has 0 unspecified atom stereocenters. The van der Waals surface area contributed by atoms with Crippen LogP contribution in [0, 0.1) is 5.92 Å². The molecule has 1 aliphatic rings. The van der Waals surface area contributed by atoms with Crippen molar-refractivity contribution in [2.24, 2.45) is 5.92 Å². The molecule has 1 N–H and O–H groups in total. The van der Waals surface area contributed by atoms with Crippen LogP contribution in [0.25, 0.3) is 0 Å². The van der Waals surface area contributed by atoms with Gasteiger partial charge in [0.2, 0.25) is 0 Å². The van der Waals surface area contributed by atoms with Crippen molar-refractivity contribution in [1.29, 1.82) is 0 Å². The average Bonchev–Trinajstić information content (AvgIpc) is 2.67. The molecule has 2 aromatic rings. The topological polar surface area (TPSA) is 54.5 Å². The number of hydrogen-bond acceptors (Lipinski definition) is 4. The van der Waals surface area contributed by atoms with Crippen molar-refractivity contribution < 1.29 is 9.53 Å². The molecule has 0 spiro atoms. The summed E-state index contributed by atoms with van der Waals surface area (Å²) in [7, 11) is 3.94. The highest BCUT2D eigenvalue weighted by Gasteiger charge is 2.27. The number of carbonyl (C=O) groups excluding carboxylic acids is 1. The predicted molar refractivity (Wildman–Crippen MR) is 98.8 cm³/mol. The summed E-state index contributed by atoms with van der Waals surface area (Å²) in [5.41, 5.74) is 2.73. The minimum absolute atomic E-state index is 0.0480. The van der Waals surface area contributed by atoms with Gasteiger partial charge >= 0.3 is 0 Å². The molecule has 0 saturated carbocycles. The predicted octanol–water partition coefficient (Wildman–Crippen LogP) is 3.05. The minimum Gasteiger partial charge on any atom is -0.381 e. The Balaban J connectivity index is 1.82. The lowest BCUT2D eigenvalue weighted by Crippen LogP contribution is -2.36. The van der Waals surface area contributed by atoms with Crippen molar-refractivity contribution in [2.45, 2.75) is 18.9 Å². The number of amides is 1. The quantitative estimate of drug-likeness (QED) is 0.910. The van der Waals surface area contributed by atoms with Crippen molar-refractivity contribution in [1.82, 2.24) is 10.3 Å². The molecular weight excluding hydrogens is 314 g/mol. The summed E-state index contributed by atoms with van der Waals surface area (Å²) in [5.74, 6) is 0.308. The Morgan fingerprint density at radius 3 is 2.72 bits per heavy atom. The number of rotatable bonds is 5. The molecule has 0 bridgehead atoms. The maximum Gasteiger partial charge on any atom is 0.251 e. The largest absolute Gasteiger partial charge is 0.381 e. The van der Waals surface area contributed by atoms with Crippen molar-refractivity contribution in [2.75, 3.05) is 32.2 Å². The number of nitrogens with one attached hydrogen (secondary N) is 1. The number of anilines is 1. The van der Waals surface area contributed by atoms with Gasteiger partial charge in [0.25, 0.3) is 5.91 Å². The Morgan fingerprint density at radius 1 is 1.24 bits per heavy atom. The number of nitrogens with zero attached hydrogens (tertiary/aromatic N) is 2. The smallest absolute Gasteiger partial charge is 0.251 e. The molecule has 1 aromatic carbocycles.